The smallest absolute Gasteiger partial charge is 0.241 e. The van der Waals surface area contributed by atoms with E-state index >= 15 is 0 Å². The van der Waals surface area contributed by atoms with Crippen molar-refractivity contribution in [1.29, 1.82) is 0 Å². The van der Waals surface area contributed by atoms with Crippen molar-refractivity contribution in [3.63, 3.8) is 0 Å². The van der Waals surface area contributed by atoms with Gasteiger partial charge >= 0.3 is 0 Å². The van der Waals surface area contributed by atoms with E-state index in [1.165, 1.54) is 17.5 Å². The third-order valence-electron chi connectivity index (χ3n) is 2.46. The lowest BCUT2D eigenvalue weighted by Gasteiger charge is -2.07. The largest absolute Gasteiger partial charge is 0.479 e. The average Bonchev–Trinajstić information content (AvgIpc) is 2.38. The van der Waals surface area contributed by atoms with Crippen LogP contribution in [0.25, 0.3) is 0 Å². The van der Waals surface area contributed by atoms with Crippen LogP contribution in [0, 0.1) is 6.92 Å². The Kier molecular flexibility index (Phi) is 4.04. The third kappa shape index (κ3) is 2.92. The maximum Gasteiger partial charge on any atom is 0.241 e. The molecule has 1 aromatic carbocycles. The number of rotatable bonds is 4. The summed E-state index contributed by atoms with van der Waals surface area (Å²) in [6, 6.07) is 8.38. The van der Waals surface area contributed by atoms with Crippen LogP contribution in [0.4, 0.5) is 5.69 Å². The van der Waals surface area contributed by atoms with Crippen molar-refractivity contribution >= 4 is 17.4 Å². The molecule has 1 heterocycles. The molecule has 2 N–H and O–H groups in total. The predicted octanol–water partition coefficient (Wildman–Crippen LogP) is 2.67. The molecule has 0 amide bonds. The molecule has 0 saturated heterocycles. The van der Waals surface area contributed by atoms with Crippen LogP contribution in [0.5, 0.6) is 5.88 Å². The molecule has 0 aliphatic carbocycles. The summed E-state index contributed by atoms with van der Waals surface area (Å²) in [7, 11) is 1.55. The van der Waals surface area contributed by atoms with E-state index in [0.717, 1.165) is 10.8 Å². The molecule has 0 aliphatic rings. The molecular weight excluding hydrogens is 246 g/mol. The number of aryl methyl sites for hydroxylation is 1. The van der Waals surface area contributed by atoms with Gasteiger partial charge in [0.05, 0.1) is 7.11 Å². The summed E-state index contributed by atoms with van der Waals surface area (Å²) in [6.07, 6.45) is 1.47. The van der Waals surface area contributed by atoms with Gasteiger partial charge in [0.25, 0.3) is 0 Å². The monoisotopic (exact) mass is 261 g/mol. The fourth-order valence-corrected chi connectivity index (χ4v) is 2.44. The van der Waals surface area contributed by atoms with Crippen LogP contribution in [0.2, 0.25) is 0 Å². The molecule has 0 fully saturated rings. The van der Waals surface area contributed by atoms with Crippen molar-refractivity contribution in [3.8, 4) is 5.88 Å². The van der Waals surface area contributed by atoms with E-state index < -0.39 is 0 Å². The quantitative estimate of drug-likeness (QED) is 0.677. The minimum absolute atomic E-state index is 0.428. The fraction of sp³-hybridized carbons (Fsp3) is 0.231. The summed E-state index contributed by atoms with van der Waals surface area (Å²) in [4.78, 5) is 8.13. The first kappa shape index (κ1) is 12.7. The van der Waals surface area contributed by atoms with Gasteiger partial charge in [-0.1, -0.05) is 41.6 Å². The third-order valence-corrected chi connectivity index (χ3v) is 3.54. The van der Waals surface area contributed by atoms with Gasteiger partial charge in [0.2, 0.25) is 5.88 Å². The number of anilines is 1. The van der Waals surface area contributed by atoms with Crippen molar-refractivity contribution in [2.45, 2.75) is 17.7 Å². The molecule has 0 saturated carbocycles. The first-order chi connectivity index (χ1) is 8.70. The number of ether oxygens (including phenoxy) is 1. The number of nitrogen functional groups attached to an aromatic ring is 1. The molecule has 0 spiro atoms. The van der Waals surface area contributed by atoms with Gasteiger partial charge in [0, 0.05) is 5.75 Å². The number of benzene rings is 1. The van der Waals surface area contributed by atoms with Crippen LogP contribution in [-0.4, -0.2) is 17.1 Å². The summed E-state index contributed by atoms with van der Waals surface area (Å²) in [5, 5.41) is 0.753. The molecule has 2 rings (SSSR count). The molecule has 0 unspecified atom stereocenters. The normalized spacial score (nSPS) is 10.3. The SMILES string of the molecule is COc1ncnc(SCc2cccc(C)c2)c1N. The van der Waals surface area contributed by atoms with E-state index in [1.807, 2.05) is 0 Å². The van der Waals surface area contributed by atoms with E-state index in [4.69, 9.17) is 10.5 Å². The van der Waals surface area contributed by atoms with E-state index in [2.05, 4.69) is 41.2 Å². The Morgan fingerprint density at radius 2 is 2.17 bits per heavy atom. The molecule has 0 bridgehead atoms. The molecule has 18 heavy (non-hydrogen) atoms. The van der Waals surface area contributed by atoms with Crippen molar-refractivity contribution in [1.82, 2.24) is 9.97 Å². The van der Waals surface area contributed by atoms with Crippen LogP contribution < -0.4 is 10.5 Å². The van der Waals surface area contributed by atoms with E-state index in [-0.39, 0.29) is 0 Å². The van der Waals surface area contributed by atoms with Gasteiger partial charge in [-0.2, -0.15) is 4.98 Å². The van der Waals surface area contributed by atoms with E-state index in [1.54, 1.807) is 18.9 Å². The topological polar surface area (TPSA) is 61.0 Å². The minimum atomic E-state index is 0.428. The molecule has 5 heteroatoms. The Hall–Kier alpha value is -1.75. The van der Waals surface area contributed by atoms with Crippen LogP contribution in [0.3, 0.4) is 0 Å². The second kappa shape index (κ2) is 5.73. The lowest BCUT2D eigenvalue weighted by atomic mass is 10.2. The number of nitrogens with two attached hydrogens (primary N) is 1. The fourth-order valence-electron chi connectivity index (χ4n) is 1.60. The Bertz CT molecular complexity index is 546. The average molecular weight is 261 g/mol. The van der Waals surface area contributed by atoms with Crippen LogP contribution in [0.1, 0.15) is 11.1 Å². The summed E-state index contributed by atoms with van der Waals surface area (Å²) < 4.78 is 5.07. The Morgan fingerprint density at radius 1 is 1.33 bits per heavy atom. The number of hydrogen-bond donors (Lipinski definition) is 1. The van der Waals surface area contributed by atoms with Gasteiger partial charge in [-0.05, 0) is 12.5 Å². The van der Waals surface area contributed by atoms with E-state index in [0.29, 0.717) is 11.6 Å². The number of thioether (sulfide) groups is 1. The van der Waals surface area contributed by atoms with Gasteiger partial charge in [-0.15, -0.1) is 0 Å². The molecule has 2 aromatic rings. The predicted molar refractivity (Wildman–Crippen MR) is 73.7 cm³/mol. The summed E-state index contributed by atoms with van der Waals surface area (Å²) in [5.41, 5.74) is 8.91. The van der Waals surface area contributed by atoms with Gasteiger partial charge in [0.1, 0.15) is 17.0 Å². The lowest BCUT2D eigenvalue weighted by Crippen LogP contribution is -1.99. The molecule has 1 aromatic heterocycles. The first-order valence-electron chi connectivity index (χ1n) is 5.53. The van der Waals surface area contributed by atoms with Crippen molar-refractivity contribution in [2.24, 2.45) is 0 Å². The van der Waals surface area contributed by atoms with E-state index in [9.17, 15) is 0 Å². The zero-order valence-electron chi connectivity index (χ0n) is 10.4. The highest BCUT2D eigenvalue weighted by Gasteiger charge is 2.08. The van der Waals surface area contributed by atoms with Crippen molar-refractivity contribution in [3.05, 3.63) is 41.7 Å². The van der Waals surface area contributed by atoms with Gasteiger partial charge in [-0.3, -0.25) is 0 Å². The Balaban J connectivity index is 2.11. The Morgan fingerprint density at radius 3 is 2.89 bits per heavy atom. The maximum absolute atomic E-state index is 5.92. The minimum Gasteiger partial charge on any atom is -0.479 e. The lowest BCUT2D eigenvalue weighted by molar-refractivity contribution is 0.397. The summed E-state index contributed by atoms with van der Waals surface area (Å²) in [6.45, 7) is 2.08. The number of hydrogen-bond acceptors (Lipinski definition) is 5. The first-order valence-corrected chi connectivity index (χ1v) is 6.52. The molecular formula is C13H15N3OS. The van der Waals surface area contributed by atoms with Gasteiger partial charge in [-0.25, -0.2) is 4.98 Å². The van der Waals surface area contributed by atoms with Crippen molar-refractivity contribution < 1.29 is 4.74 Å². The van der Waals surface area contributed by atoms with Gasteiger partial charge in [0.15, 0.2) is 0 Å². The molecule has 4 nitrogen and oxygen atoms in total. The number of methoxy groups -OCH3 is 1. The zero-order valence-corrected chi connectivity index (χ0v) is 11.2. The van der Waals surface area contributed by atoms with Gasteiger partial charge < -0.3 is 10.5 Å². The van der Waals surface area contributed by atoms with Crippen LogP contribution in [0.15, 0.2) is 35.6 Å². The van der Waals surface area contributed by atoms with Crippen molar-refractivity contribution in [2.75, 3.05) is 12.8 Å². The number of nitrogens with zero attached hydrogens (tertiary/aromatic N) is 2. The maximum atomic E-state index is 5.92. The highest BCUT2D eigenvalue weighted by molar-refractivity contribution is 7.98. The Labute approximate surface area is 111 Å². The highest BCUT2D eigenvalue weighted by Crippen LogP contribution is 2.30. The number of aromatic nitrogens is 2. The summed E-state index contributed by atoms with van der Waals surface area (Å²) >= 11 is 1.58. The molecule has 0 aliphatic heterocycles. The standard InChI is InChI=1S/C13H15N3OS/c1-9-4-3-5-10(6-9)7-18-13-11(14)12(17-2)15-8-16-13/h3-6,8H,7,14H2,1-2H3. The molecule has 94 valence electrons. The van der Waals surface area contributed by atoms with Crippen LogP contribution in [-0.2, 0) is 5.75 Å². The highest BCUT2D eigenvalue weighted by atomic mass is 32.2. The molecule has 0 atom stereocenters. The summed E-state index contributed by atoms with van der Waals surface area (Å²) in [5.74, 6) is 1.25. The molecule has 0 radical (unpaired) electrons. The second-order valence-electron chi connectivity index (χ2n) is 3.88. The second-order valence-corrected chi connectivity index (χ2v) is 4.84. The zero-order chi connectivity index (χ0) is 13.0. The van der Waals surface area contributed by atoms with Crippen LogP contribution >= 0.6 is 11.8 Å².